The van der Waals surface area contributed by atoms with Crippen LogP contribution in [0.4, 0.5) is 0 Å². The first-order chi connectivity index (χ1) is 11.2. The fraction of sp³-hybridized carbons (Fsp3) is 0.529. The van der Waals surface area contributed by atoms with Gasteiger partial charge in [0.1, 0.15) is 0 Å². The van der Waals surface area contributed by atoms with Crippen molar-refractivity contribution in [3.63, 3.8) is 0 Å². The fourth-order valence-corrected chi connectivity index (χ4v) is 3.32. The molecule has 2 heterocycles. The molecule has 0 spiro atoms. The van der Waals surface area contributed by atoms with Crippen molar-refractivity contribution in [3.8, 4) is 0 Å². The zero-order valence-corrected chi connectivity index (χ0v) is 13.5. The van der Waals surface area contributed by atoms with E-state index in [9.17, 15) is 4.79 Å². The van der Waals surface area contributed by atoms with Gasteiger partial charge in [0.05, 0.1) is 11.3 Å². The van der Waals surface area contributed by atoms with Crippen LogP contribution in [0.15, 0.2) is 23.9 Å². The summed E-state index contributed by atoms with van der Waals surface area (Å²) in [5.74, 6) is -0.504. The quantitative estimate of drug-likeness (QED) is 0.319. The van der Waals surface area contributed by atoms with Gasteiger partial charge in [0.2, 0.25) is 0 Å². The summed E-state index contributed by atoms with van der Waals surface area (Å²) in [5.41, 5.74) is 5.79. The molecule has 0 radical (unpaired) electrons. The number of amides is 1. The Morgan fingerprint density at radius 3 is 3.09 bits per heavy atom. The molecule has 6 heteroatoms. The van der Waals surface area contributed by atoms with Crippen LogP contribution in [0.2, 0.25) is 0 Å². The molecule has 1 aliphatic carbocycles. The van der Waals surface area contributed by atoms with E-state index >= 15 is 0 Å². The summed E-state index contributed by atoms with van der Waals surface area (Å²) in [6.45, 7) is 2.90. The first-order valence-electron chi connectivity index (χ1n) is 8.21. The molecule has 0 unspecified atom stereocenters. The van der Waals surface area contributed by atoms with E-state index < -0.39 is 5.91 Å². The monoisotopic (exact) mass is 316 g/mol. The third-order valence-corrected chi connectivity index (χ3v) is 4.74. The second-order valence-electron chi connectivity index (χ2n) is 6.29. The lowest BCUT2D eigenvalue weighted by Crippen LogP contribution is -2.42. The molecule has 3 rings (SSSR count). The predicted octanol–water partition coefficient (Wildman–Crippen LogP) is 1.26. The molecule has 0 saturated carbocycles. The Hall–Kier alpha value is -1.76. The topological polar surface area (TPSA) is 77.5 Å². The number of hydrogen-bond acceptors (Lipinski definition) is 5. The van der Waals surface area contributed by atoms with Gasteiger partial charge in [0.25, 0.3) is 5.91 Å². The van der Waals surface area contributed by atoms with Crippen LogP contribution >= 0.6 is 0 Å². The van der Waals surface area contributed by atoms with Crippen molar-refractivity contribution in [2.45, 2.75) is 38.3 Å². The third-order valence-electron chi connectivity index (χ3n) is 4.74. The summed E-state index contributed by atoms with van der Waals surface area (Å²) in [6.07, 6.45) is 8.40. The summed E-state index contributed by atoms with van der Waals surface area (Å²) >= 11 is 0. The molecular formula is C17H24N4O2. The summed E-state index contributed by atoms with van der Waals surface area (Å²) in [6, 6.07) is 2.38. The maximum atomic E-state index is 11.4. The molecule has 0 saturated heterocycles. The van der Waals surface area contributed by atoms with Crippen LogP contribution in [0.25, 0.3) is 0 Å². The molecule has 0 fully saturated rings. The normalized spacial score (nSPS) is 20.4. The Morgan fingerprint density at radius 1 is 1.52 bits per heavy atom. The predicted molar refractivity (Wildman–Crippen MR) is 87.3 cm³/mol. The first kappa shape index (κ1) is 16.1. The molecule has 1 atom stereocenters. The van der Waals surface area contributed by atoms with Gasteiger partial charge in [0.15, 0.2) is 0 Å². The van der Waals surface area contributed by atoms with Gasteiger partial charge >= 0.3 is 0 Å². The number of nitrogens with one attached hydrogen (secondary N) is 2. The van der Waals surface area contributed by atoms with Crippen molar-refractivity contribution in [1.29, 1.82) is 0 Å². The zero-order valence-electron chi connectivity index (χ0n) is 13.5. The lowest BCUT2D eigenvalue weighted by molar-refractivity contribution is 0.0705. The smallest absolute Gasteiger partial charge is 0.276 e. The van der Waals surface area contributed by atoms with Crippen molar-refractivity contribution >= 4 is 5.91 Å². The fourth-order valence-electron chi connectivity index (χ4n) is 3.32. The summed E-state index contributed by atoms with van der Waals surface area (Å²) in [5, 5.41) is 11.9. The van der Waals surface area contributed by atoms with E-state index in [1.165, 1.54) is 25.5 Å². The number of carbonyl (C=O) groups excluding carboxylic acids is 1. The van der Waals surface area contributed by atoms with Crippen molar-refractivity contribution in [1.82, 2.24) is 20.7 Å². The average Bonchev–Trinajstić information content (AvgIpc) is 2.55. The van der Waals surface area contributed by atoms with Crippen molar-refractivity contribution in [3.05, 3.63) is 40.7 Å². The molecule has 6 nitrogen and oxygen atoms in total. The highest BCUT2D eigenvalue weighted by atomic mass is 16.5. The Balaban J connectivity index is 1.58. The maximum Gasteiger partial charge on any atom is 0.276 e. The zero-order chi connectivity index (χ0) is 16.2. The highest BCUT2D eigenvalue weighted by Gasteiger charge is 2.28. The first-order valence-corrected chi connectivity index (χ1v) is 8.21. The van der Waals surface area contributed by atoms with E-state index in [-0.39, 0.29) is 0 Å². The second-order valence-corrected chi connectivity index (χ2v) is 6.29. The lowest BCUT2D eigenvalue weighted by atomic mass is 9.87. The minimum atomic E-state index is -0.504. The molecule has 0 aromatic carbocycles. The van der Waals surface area contributed by atoms with Crippen LogP contribution in [-0.4, -0.2) is 47.2 Å². The van der Waals surface area contributed by atoms with E-state index in [1.54, 1.807) is 11.1 Å². The molecular weight excluding hydrogens is 292 g/mol. The molecule has 2 aliphatic rings. The van der Waals surface area contributed by atoms with E-state index in [0.717, 1.165) is 37.3 Å². The highest BCUT2D eigenvalue weighted by molar-refractivity contribution is 5.93. The van der Waals surface area contributed by atoms with E-state index in [2.05, 4.69) is 21.3 Å². The molecule has 124 valence electrons. The van der Waals surface area contributed by atoms with Gasteiger partial charge in [-0.1, -0.05) is 11.6 Å². The van der Waals surface area contributed by atoms with Crippen LogP contribution in [0.3, 0.4) is 0 Å². The van der Waals surface area contributed by atoms with Crippen molar-refractivity contribution in [2.24, 2.45) is 0 Å². The number of hydroxylamine groups is 1. The van der Waals surface area contributed by atoms with Crippen LogP contribution in [0.5, 0.6) is 0 Å². The molecule has 0 bridgehead atoms. The van der Waals surface area contributed by atoms with Gasteiger partial charge in [-0.15, -0.1) is 0 Å². The third kappa shape index (κ3) is 3.60. The molecule has 1 aliphatic heterocycles. The summed E-state index contributed by atoms with van der Waals surface area (Å²) in [7, 11) is 1.99. The number of hydrogen-bond donors (Lipinski definition) is 3. The Kier molecular flexibility index (Phi) is 5.05. The van der Waals surface area contributed by atoms with Crippen LogP contribution < -0.4 is 10.8 Å². The van der Waals surface area contributed by atoms with Gasteiger partial charge in [0, 0.05) is 25.3 Å². The van der Waals surface area contributed by atoms with Crippen LogP contribution in [-0.2, 0) is 13.0 Å². The molecule has 23 heavy (non-hydrogen) atoms. The lowest BCUT2D eigenvalue weighted by Gasteiger charge is -2.39. The van der Waals surface area contributed by atoms with Crippen molar-refractivity contribution in [2.75, 3.05) is 20.1 Å². The Bertz CT molecular complexity index is 615. The number of pyridine rings is 1. The van der Waals surface area contributed by atoms with Gasteiger partial charge < -0.3 is 5.32 Å². The average molecular weight is 316 g/mol. The number of aromatic nitrogens is 1. The van der Waals surface area contributed by atoms with Crippen LogP contribution in [0.1, 0.15) is 40.9 Å². The van der Waals surface area contributed by atoms with E-state index in [0.29, 0.717) is 11.6 Å². The standard InChI is InChI=1S/C17H24N4O2/c1-18-5-2-3-12-7-15(8-12)21-6-4-13-9-14(17(22)20-23)10-19-16(13)11-21/h7,9-10,15,18,23H,2-6,8,11H2,1H3,(H,20,22)/t15-/m1/s1. The number of nitrogens with zero attached hydrogens (tertiary/aromatic N) is 2. The summed E-state index contributed by atoms with van der Waals surface area (Å²) in [4.78, 5) is 18.3. The second kappa shape index (κ2) is 7.21. The summed E-state index contributed by atoms with van der Waals surface area (Å²) < 4.78 is 0. The van der Waals surface area contributed by atoms with Gasteiger partial charge in [-0.05, 0) is 50.9 Å². The Labute approximate surface area is 136 Å². The van der Waals surface area contributed by atoms with Crippen molar-refractivity contribution < 1.29 is 10.0 Å². The van der Waals surface area contributed by atoms with Gasteiger partial charge in [-0.25, -0.2) is 5.48 Å². The molecule has 1 aromatic heterocycles. The molecule has 3 N–H and O–H groups in total. The number of fused-ring (bicyclic) bond motifs is 1. The van der Waals surface area contributed by atoms with E-state index in [4.69, 9.17) is 5.21 Å². The van der Waals surface area contributed by atoms with E-state index in [1.807, 2.05) is 13.1 Å². The minimum Gasteiger partial charge on any atom is -0.320 e. The molecule has 1 amide bonds. The maximum absolute atomic E-state index is 11.4. The Morgan fingerprint density at radius 2 is 2.35 bits per heavy atom. The van der Waals surface area contributed by atoms with Gasteiger partial charge in [-0.2, -0.15) is 0 Å². The number of carbonyl (C=O) groups is 1. The minimum absolute atomic E-state index is 0.412. The van der Waals surface area contributed by atoms with Gasteiger partial charge in [-0.3, -0.25) is 19.9 Å². The number of rotatable bonds is 6. The largest absolute Gasteiger partial charge is 0.320 e. The SMILES string of the molecule is CNCCCC1=C[C@@H](N2CCc3cc(C(=O)NO)cnc3C2)C1. The molecule has 1 aromatic rings. The highest BCUT2D eigenvalue weighted by Crippen LogP contribution is 2.31. The van der Waals surface area contributed by atoms with Crippen LogP contribution in [0, 0.1) is 0 Å².